The summed E-state index contributed by atoms with van der Waals surface area (Å²) in [5, 5.41) is 11.2. The molecule has 1 aromatic rings. The van der Waals surface area contributed by atoms with Crippen molar-refractivity contribution in [3.8, 4) is 0 Å². The predicted octanol–water partition coefficient (Wildman–Crippen LogP) is 1.78. The number of benzene rings is 1. The van der Waals surface area contributed by atoms with E-state index in [2.05, 4.69) is 21.2 Å². The number of nitrogens with one attached hydrogen (secondary N) is 1. The van der Waals surface area contributed by atoms with E-state index in [9.17, 15) is 14.4 Å². The summed E-state index contributed by atoms with van der Waals surface area (Å²) >= 11 is 3.41. The van der Waals surface area contributed by atoms with Gasteiger partial charge in [0.1, 0.15) is 5.92 Å². The minimum atomic E-state index is -0.897. The fourth-order valence-electron chi connectivity index (χ4n) is 2.41. The van der Waals surface area contributed by atoms with Crippen molar-refractivity contribution in [1.82, 2.24) is 5.32 Å². The summed E-state index contributed by atoms with van der Waals surface area (Å²) < 4.78 is 0.811. The molecule has 0 saturated carbocycles. The Morgan fingerprint density at radius 3 is 2.77 bits per heavy atom. The lowest BCUT2D eigenvalue weighted by Gasteiger charge is -2.18. The Hall–Kier alpha value is -1.89. The Labute approximate surface area is 136 Å². The number of carbonyl (C=O) groups excluding carboxylic acids is 2. The molecule has 0 spiro atoms. The number of carbonyl (C=O) groups is 3. The van der Waals surface area contributed by atoms with Gasteiger partial charge in [-0.05, 0) is 40.9 Å². The molecule has 2 N–H and O–H groups in total. The van der Waals surface area contributed by atoms with Crippen LogP contribution >= 0.6 is 15.9 Å². The maximum Gasteiger partial charge on any atom is 0.303 e. The lowest BCUT2D eigenvalue weighted by molar-refractivity contribution is -0.137. The molecule has 7 heteroatoms. The molecule has 0 aliphatic carbocycles. The van der Waals surface area contributed by atoms with Gasteiger partial charge in [-0.3, -0.25) is 14.4 Å². The van der Waals surface area contributed by atoms with Crippen molar-refractivity contribution in [2.24, 2.45) is 5.92 Å². The predicted molar refractivity (Wildman–Crippen MR) is 84.5 cm³/mol. The Kier molecular flexibility index (Phi) is 5.54. The van der Waals surface area contributed by atoms with Crippen molar-refractivity contribution in [1.29, 1.82) is 0 Å². The standard InChI is InChI=1S/C15H17BrN2O4/c16-11-4-1-2-5-12(11)18-9-7-10(15(18)22)14(21)17-8-3-6-13(19)20/h1-2,4-5,10H,3,6-9H2,(H,17,21)(H,19,20). The van der Waals surface area contributed by atoms with E-state index in [-0.39, 0.29) is 24.8 Å². The summed E-state index contributed by atoms with van der Waals surface area (Å²) in [5.41, 5.74) is 0.758. The van der Waals surface area contributed by atoms with Gasteiger partial charge in [-0.25, -0.2) is 0 Å². The van der Waals surface area contributed by atoms with Gasteiger partial charge in [0.25, 0.3) is 0 Å². The molecular weight excluding hydrogens is 352 g/mol. The third-order valence-electron chi connectivity index (χ3n) is 3.53. The average Bonchev–Trinajstić information content (AvgIpc) is 2.85. The maximum atomic E-state index is 12.4. The van der Waals surface area contributed by atoms with Crippen LogP contribution in [0.25, 0.3) is 0 Å². The molecule has 1 atom stereocenters. The maximum absolute atomic E-state index is 12.4. The van der Waals surface area contributed by atoms with E-state index < -0.39 is 11.9 Å². The van der Waals surface area contributed by atoms with E-state index in [1.807, 2.05) is 24.3 Å². The van der Waals surface area contributed by atoms with Crippen molar-refractivity contribution in [2.45, 2.75) is 19.3 Å². The molecule has 0 aromatic heterocycles. The first-order valence-electron chi connectivity index (χ1n) is 7.06. The van der Waals surface area contributed by atoms with Crippen LogP contribution < -0.4 is 10.2 Å². The number of para-hydroxylation sites is 1. The van der Waals surface area contributed by atoms with Crippen molar-refractivity contribution in [3.05, 3.63) is 28.7 Å². The minimum Gasteiger partial charge on any atom is -0.481 e. The van der Waals surface area contributed by atoms with Crippen LogP contribution in [-0.4, -0.2) is 36.0 Å². The molecular formula is C15H17BrN2O4. The van der Waals surface area contributed by atoms with Gasteiger partial charge >= 0.3 is 5.97 Å². The topological polar surface area (TPSA) is 86.7 Å². The first kappa shape index (κ1) is 16.5. The zero-order valence-electron chi connectivity index (χ0n) is 11.9. The van der Waals surface area contributed by atoms with Crippen LogP contribution in [0.2, 0.25) is 0 Å². The highest BCUT2D eigenvalue weighted by molar-refractivity contribution is 9.10. The zero-order valence-corrected chi connectivity index (χ0v) is 13.5. The SMILES string of the molecule is O=C(O)CCCNC(=O)C1CCN(c2ccccc2Br)C1=O. The molecule has 2 amide bonds. The van der Waals surface area contributed by atoms with E-state index in [0.717, 1.165) is 10.2 Å². The van der Waals surface area contributed by atoms with Crippen LogP contribution in [0.1, 0.15) is 19.3 Å². The summed E-state index contributed by atoms with van der Waals surface area (Å²) in [5.74, 6) is -2.14. The van der Waals surface area contributed by atoms with Crippen molar-refractivity contribution < 1.29 is 19.5 Å². The van der Waals surface area contributed by atoms with Gasteiger partial charge in [-0.15, -0.1) is 0 Å². The summed E-state index contributed by atoms with van der Waals surface area (Å²) in [6, 6.07) is 7.38. The number of aliphatic carboxylic acids is 1. The number of rotatable bonds is 6. The number of hydrogen-bond acceptors (Lipinski definition) is 3. The largest absolute Gasteiger partial charge is 0.481 e. The molecule has 0 radical (unpaired) electrons. The molecule has 1 unspecified atom stereocenters. The minimum absolute atomic E-state index is 0.00196. The van der Waals surface area contributed by atoms with E-state index in [0.29, 0.717) is 19.4 Å². The van der Waals surface area contributed by atoms with Crippen molar-refractivity contribution in [2.75, 3.05) is 18.0 Å². The van der Waals surface area contributed by atoms with Crippen LogP contribution in [-0.2, 0) is 14.4 Å². The van der Waals surface area contributed by atoms with Gasteiger partial charge in [-0.1, -0.05) is 12.1 Å². The summed E-state index contributed by atoms with van der Waals surface area (Å²) in [4.78, 5) is 36.4. The van der Waals surface area contributed by atoms with E-state index in [1.165, 1.54) is 0 Å². The van der Waals surface area contributed by atoms with Crippen molar-refractivity contribution in [3.63, 3.8) is 0 Å². The second-order valence-corrected chi connectivity index (χ2v) is 5.93. The Bertz CT molecular complexity index is 591. The van der Waals surface area contributed by atoms with Crippen LogP contribution in [0.3, 0.4) is 0 Å². The molecule has 1 aliphatic rings. The Morgan fingerprint density at radius 1 is 1.36 bits per heavy atom. The molecule has 1 aliphatic heterocycles. The van der Waals surface area contributed by atoms with Crippen LogP contribution in [0.5, 0.6) is 0 Å². The molecule has 0 bridgehead atoms. The normalized spacial score (nSPS) is 17.6. The Morgan fingerprint density at radius 2 is 2.09 bits per heavy atom. The highest BCUT2D eigenvalue weighted by atomic mass is 79.9. The molecule has 1 fully saturated rings. The molecule has 1 aromatic carbocycles. The summed E-state index contributed by atoms with van der Waals surface area (Å²) in [7, 11) is 0. The Balaban J connectivity index is 1.92. The molecule has 118 valence electrons. The second-order valence-electron chi connectivity index (χ2n) is 5.07. The van der Waals surface area contributed by atoms with E-state index in [1.54, 1.807) is 4.90 Å². The highest BCUT2D eigenvalue weighted by Crippen LogP contribution is 2.31. The summed E-state index contributed by atoms with van der Waals surface area (Å²) in [6.45, 7) is 0.763. The van der Waals surface area contributed by atoms with Crippen LogP contribution in [0, 0.1) is 5.92 Å². The molecule has 1 heterocycles. The number of amides is 2. The molecule has 2 rings (SSSR count). The zero-order chi connectivity index (χ0) is 16.1. The number of hydrogen-bond donors (Lipinski definition) is 2. The van der Waals surface area contributed by atoms with Gasteiger partial charge in [-0.2, -0.15) is 0 Å². The third-order valence-corrected chi connectivity index (χ3v) is 4.20. The van der Waals surface area contributed by atoms with E-state index >= 15 is 0 Å². The van der Waals surface area contributed by atoms with Gasteiger partial charge < -0.3 is 15.3 Å². The number of halogens is 1. The first-order valence-corrected chi connectivity index (χ1v) is 7.85. The molecule has 22 heavy (non-hydrogen) atoms. The van der Waals surface area contributed by atoms with E-state index in [4.69, 9.17) is 5.11 Å². The summed E-state index contributed by atoms with van der Waals surface area (Å²) in [6.07, 6.45) is 0.822. The van der Waals surface area contributed by atoms with Crippen LogP contribution in [0.15, 0.2) is 28.7 Å². The average molecular weight is 369 g/mol. The number of anilines is 1. The fourth-order valence-corrected chi connectivity index (χ4v) is 2.91. The number of carboxylic acids is 1. The molecule has 6 nitrogen and oxygen atoms in total. The van der Waals surface area contributed by atoms with Gasteiger partial charge in [0, 0.05) is 24.0 Å². The van der Waals surface area contributed by atoms with Crippen LogP contribution in [0.4, 0.5) is 5.69 Å². The highest BCUT2D eigenvalue weighted by Gasteiger charge is 2.37. The smallest absolute Gasteiger partial charge is 0.303 e. The first-order chi connectivity index (χ1) is 10.5. The second kappa shape index (κ2) is 7.40. The third kappa shape index (κ3) is 3.85. The van der Waals surface area contributed by atoms with Gasteiger partial charge in [0.15, 0.2) is 0 Å². The number of nitrogens with zero attached hydrogens (tertiary/aromatic N) is 1. The quantitative estimate of drug-likeness (QED) is 0.591. The lowest BCUT2D eigenvalue weighted by Crippen LogP contribution is -2.37. The monoisotopic (exact) mass is 368 g/mol. The van der Waals surface area contributed by atoms with Gasteiger partial charge in [0.2, 0.25) is 11.8 Å². The lowest BCUT2D eigenvalue weighted by atomic mass is 10.1. The van der Waals surface area contributed by atoms with Crippen molar-refractivity contribution >= 4 is 39.4 Å². The van der Waals surface area contributed by atoms with Gasteiger partial charge in [0.05, 0.1) is 5.69 Å². The fraction of sp³-hybridized carbons (Fsp3) is 0.400. The molecule has 1 saturated heterocycles. The number of carboxylic acid groups (broad SMARTS) is 1.